The van der Waals surface area contributed by atoms with E-state index in [-0.39, 0.29) is 40.8 Å². The van der Waals surface area contributed by atoms with Crippen LogP contribution in [0.25, 0.3) is 0 Å². The summed E-state index contributed by atoms with van der Waals surface area (Å²) in [4.78, 5) is 38.4. The molecule has 11 heteroatoms. The Morgan fingerprint density at radius 3 is 2.42 bits per heavy atom. The van der Waals surface area contributed by atoms with Gasteiger partial charge in [0.2, 0.25) is 15.9 Å². The van der Waals surface area contributed by atoms with Crippen LogP contribution in [-0.2, 0) is 20.2 Å². The highest BCUT2D eigenvalue weighted by Crippen LogP contribution is 2.38. The van der Waals surface area contributed by atoms with E-state index in [1.807, 2.05) is 20.8 Å². The van der Waals surface area contributed by atoms with Crippen LogP contribution in [-0.4, -0.2) is 39.9 Å². The molecule has 1 aliphatic heterocycles. The second-order valence-corrected chi connectivity index (χ2v) is 10.1. The molecule has 1 heterocycles. The van der Waals surface area contributed by atoms with Crippen molar-refractivity contribution in [2.45, 2.75) is 37.5 Å². The van der Waals surface area contributed by atoms with Crippen LogP contribution < -0.4 is 25.4 Å². The molecule has 3 rings (SSSR count). The minimum atomic E-state index is -4.09. The lowest BCUT2D eigenvalue weighted by molar-refractivity contribution is -0.120. The molecule has 1 aliphatic rings. The maximum Gasteiger partial charge on any atom is 0.328 e. The number of rotatable bonds is 5. The number of nitrogens with two attached hydrogens (primary N) is 1. The highest BCUT2D eigenvalue weighted by atomic mass is 32.2. The van der Waals surface area contributed by atoms with Crippen molar-refractivity contribution in [1.29, 1.82) is 0 Å². The number of sulfonamides is 1. The molecular weight excluding hydrogens is 448 g/mol. The standard InChI is InChI=1S/C22H26N4O6S/c1-22(2,3)15-12-13(26-10-9-18(27)25-21(26)29)11-14(19(15)32-4)20(28)24-16-7-5-6-8-17(16)33(23,30)31/h5-8,11-12H,9-10H2,1-4H3,(H,24,28)(H2,23,30,31)(H,25,27,29). The fraction of sp³-hybridized carbons (Fsp3) is 0.318. The first-order valence-corrected chi connectivity index (χ1v) is 11.6. The Hall–Kier alpha value is -3.44. The molecular formula is C22H26N4O6S. The lowest BCUT2D eigenvalue weighted by Crippen LogP contribution is -2.49. The Bertz CT molecular complexity index is 1230. The number of primary sulfonamides is 1. The van der Waals surface area contributed by atoms with Crippen LogP contribution >= 0.6 is 0 Å². The van der Waals surface area contributed by atoms with Gasteiger partial charge in [-0.1, -0.05) is 32.9 Å². The van der Waals surface area contributed by atoms with Crippen LogP contribution in [0.1, 0.15) is 43.1 Å². The highest BCUT2D eigenvalue weighted by molar-refractivity contribution is 7.89. The van der Waals surface area contributed by atoms with E-state index in [4.69, 9.17) is 9.88 Å². The van der Waals surface area contributed by atoms with Crippen LogP contribution in [0.3, 0.4) is 0 Å². The van der Waals surface area contributed by atoms with Crippen LogP contribution in [0.2, 0.25) is 0 Å². The van der Waals surface area contributed by atoms with Gasteiger partial charge in [0.15, 0.2) is 0 Å². The molecule has 0 unspecified atom stereocenters. The van der Waals surface area contributed by atoms with Gasteiger partial charge in [0, 0.05) is 24.2 Å². The molecule has 176 valence electrons. The summed E-state index contributed by atoms with van der Waals surface area (Å²) in [7, 11) is -2.66. The maximum atomic E-state index is 13.3. The number of imide groups is 1. The monoisotopic (exact) mass is 474 g/mol. The number of ether oxygens (including phenoxy) is 1. The van der Waals surface area contributed by atoms with Crippen molar-refractivity contribution in [3.63, 3.8) is 0 Å². The summed E-state index contributed by atoms with van der Waals surface area (Å²) in [5.41, 5.74) is 0.675. The second-order valence-electron chi connectivity index (χ2n) is 8.57. The molecule has 0 radical (unpaired) electrons. The largest absolute Gasteiger partial charge is 0.496 e. The number of urea groups is 1. The van der Waals surface area contributed by atoms with Gasteiger partial charge < -0.3 is 10.1 Å². The number of anilines is 2. The van der Waals surface area contributed by atoms with Gasteiger partial charge in [-0.15, -0.1) is 0 Å². The van der Waals surface area contributed by atoms with Crippen molar-refractivity contribution in [2.75, 3.05) is 23.9 Å². The van der Waals surface area contributed by atoms with Gasteiger partial charge >= 0.3 is 6.03 Å². The lowest BCUT2D eigenvalue weighted by atomic mass is 9.84. The predicted octanol–water partition coefficient (Wildman–Crippen LogP) is 2.34. The normalized spacial score (nSPS) is 14.6. The quantitative estimate of drug-likeness (QED) is 0.606. The lowest BCUT2D eigenvalue weighted by Gasteiger charge is -2.30. The molecule has 0 bridgehead atoms. The summed E-state index contributed by atoms with van der Waals surface area (Å²) in [6.45, 7) is 5.92. The summed E-state index contributed by atoms with van der Waals surface area (Å²) in [5, 5.41) is 10.1. The average Bonchev–Trinajstić information content (AvgIpc) is 2.71. The van der Waals surface area contributed by atoms with Crippen molar-refractivity contribution in [2.24, 2.45) is 5.14 Å². The zero-order valence-electron chi connectivity index (χ0n) is 18.8. The van der Waals surface area contributed by atoms with Crippen molar-refractivity contribution in [3.8, 4) is 5.75 Å². The SMILES string of the molecule is COc1c(C(=O)Nc2ccccc2S(N)(=O)=O)cc(N2CCC(=O)NC2=O)cc1C(C)(C)C. The molecule has 0 aliphatic carbocycles. The molecule has 0 aromatic heterocycles. The van der Waals surface area contributed by atoms with Crippen LogP contribution in [0, 0.1) is 0 Å². The van der Waals surface area contributed by atoms with Gasteiger partial charge in [-0.05, 0) is 29.7 Å². The zero-order valence-corrected chi connectivity index (χ0v) is 19.6. The van der Waals surface area contributed by atoms with E-state index in [0.717, 1.165) is 0 Å². The summed E-state index contributed by atoms with van der Waals surface area (Å²) in [6, 6.07) is 8.37. The molecule has 1 fully saturated rings. The third-order valence-electron chi connectivity index (χ3n) is 5.14. The molecule has 4 amide bonds. The topological polar surface area (TPSA) is 148 Å². The fourth-order valence-corrected chi connectivity index (χ4v) is 4.23. The van der Waals surface area contributed by atoms with E-state index in [2.05, 4.69) is 10.6 Å². The Morgan fingerprint density at radius 1 is 1.18 bits per heavy atom. The number of carbonyl (C=O) groups is 3. The van der Waals surface area contributed by atoms with Gasteiger partial charge in [-0.2, -0.15) is 0 Å². The van der Waals surface area contributed by atoms with Crippen LogP contribution in [0.15, 0.2) is 41.3 Å². The number of methoxy groups -OCH3 is 1. The number of benzene rings is 2. The summed E-state index contributed by atoms with van der Waals surface area (Å²) >= 11 is 0. The zero-order chi connectivity index (χ0) is 24.6. The first-order valence-electron chi connectivity index (χ1n) is 10.1. The first-order chi connectivity index (χ1) is 15.3. The van der Waals surface area contributed by atoms with E-state index < -0.39 is 27.4 Å². The van der Waals surface area contributed by atoms with Crippen LogP contribution in [0.4, 0.5) is 16.2 Å². The van der Waals surface area contributed by atoms with E-state index >= 15 is 0 Å². The Morgan fingerprint density at radius 2 is 1.85 bits per heavy atom. The minimum Gasteiger partial charge on any atom is -0.496 e. The maximum absolute atomic E-state index is 13.3. The van der Waals surface area contributed by atoms with E-state index in [9.17, 15) is 22.8 Å². The van der Waals surface area contributed by atoms with Gasteiger partial charge in [-0.25, -0.2) is 18.4 Å². The number of para-hydroxylation sites is 1. The van der Waals surface area contributed by atoms with E-state index in [1.54, 1.807) is 12.1 Å². The molecule has 2 aromatic carbocycles. The van der Waals surface area contributed by atoms with E-state index in [0.29, 0.717) is 11.3 Å². The average molecular weight is 475 g/mol. The number of nitrogens with zero attached hydrogens (tertiary/aromatic N) is 1. The summed E-state index contributed by atoms with van der Waals surface area (Å²) < 4.78 is 29.4. The number of hydrogen-bond acceptors (Lipinski definition) is 6. The summed E-state index contributed by atoms with van der Waals surface area (Å²) in [5.74, 6) is -0.743. The molecule has 0 saturated carbocycles. The summed E-state index contributed by atoms with van der Waals surface area (Å²) in [6.07, 6.45) is 0.117. The molecule has 0 atom stereocenters. The molecule has 33 heavy (non-hydrogen) atoms. The van der Waals surface area contributed by atoms with Crippen molar-refractivity contribution < 1.29 is 27.5 Å². The second kappa shape index (κ2) is 8.83. The molecule has 1 saturated heterocycles. The number of amides is 4. The van der Waals surface area contributed by atoms with Crippen molar-refractivity contribution >= 4 is 39.2 Å². The number of nitrogens with one attached hydrogen (secondary N) is 2. The fourth-order valence-electron chi connectivity index (χ4n) is 3.53. The smallest absolute Gasteiger partial charge is 0.328 e. The van der Waals surface area contributed by atoms with Gasteiger partial charge in [-0.3, -0.25) is 19.8 Å². The minimum absolute atomic E-state index is 0.0103. The van der Waals surface area contributed by atoms with Crippen molar-refractivity contribution in [3.05, 3.63) is 47.5 Å². The first kappa shape index (κ1) is 24.2. The third kappa shape index (κ3) is 5.15. The third-order valence-corrected chi connectivity index (χ3v) is 6.11. The molecule has 0 spiro atoms. The molecule has 10 nitrogen and oxygen atoms in total. The number of hydrogen-bond donors (Lipinski definition) is 3. The molecule has 2 aromatic rings. The predicted molar refractivity (Wildman–Crippen MR) is 123 cm³/mol. The molecule has 4 N–H and O–H groups in total. The van der Waals surface area contributed by atoms with Gasteiger partial charge in [0.05, 0.1) is 18.4 Å². The van der Waals surface area contributed by atoms with Gasteiger partial charge in [0.25, 0.3) is 5.91 Å². The Labute approximate surface area is 192 Å². The van der Waals surface area contributed by atoms with Crippen LogP contribution in [0.5, 0.6) is 5.75 Å². The Kier molecular flexibility index (Phi) is 6.48. The Balaban J connectivity index is 2.13. The van der Waals surface area contributed by atoms with E-state index in [1.165, 1.54) is 36.3 Å². The highest BCUT2D eigenvalue weighted by Gasteiger charge is 2.30. The van der Waals surface area contributed by atoms with Crippen molar-refractivity contribution in [1.82, 2.24) is 5.32 Å². The number of carbonyl (C=O) groups excluding carboxylic acids is 3. The van der Waals surface area contributed by atoms with Gasteiger partial charge in [0.1, 0.15) is 10.6 Å².